The number of phenolic OH excluding ortho intramolecular Hbond substituents is 2. The van der Waals surface area contributed by atoms with Crippen LogP contribution in [-0.4, -0.2) is 80.2 Å². The Bertz CT molecular complexity index is 1120. The number of carboxylic acids is 1. The summed E-state index contributed by atoms with van der Waals surface area (Å²) in [6, 6.07) is 6.70. The molecule has 12 heteroatoms. The quantitative estimate of drug-likeness (QED) is 0.340. The van der Waals surface area contributed by atoms with Gasteiger partial charge in [-0.05, 0) is 17.7 Å². The summed E-state index contributed by atoms with van der Waals surface area (Å²) < 4.78 is 21.8. The third kappa shape index (κ3) is 4.19. The fourth-order valence-corrected chi connectivity index (χ4v) is 3.87. The number of aliphatic hydroxyl groups is 3. The minimum atomic E-state index is -1.88. The molecule has 0 saturated carbocycles. The number of fused-ring (bicyclic) bond motifs is 1. The summed E-state index contributed by atoms with van der Waals surface area (Å²) in [4.78, 5) is 23.9. The van der Waals surface area contributed by atoms with E-state index in [1.54, 1.807) is 6.07 Å². The highest BCUT2D eigenvalue weighted by molar-refractivity contribution is 6.02. The minimum Gasteiger partial charge on any atom is -0.508 e. The molecule has 0 spiro atoms. The Morgan fingerprint density at radius 3 is 2.44 bits per heavy atom. The van der Waals surface area contributed by atoms with E-state index in [1.165, 1.54) is 25.3 Å². The van der Waals surface area contributed by atoms with Crippen molar-refractivity contribution in [1.82, 2.24) is 0 Å². The Hall–Kier alpha value is -3.58. The predicted octanol–water partition coefficient (Wildman–Crippen LogP) is 0.0839. The Morgan fingerprint density at radius 1 is 1.03 bits per heavy atom. The second-order valence-corrected chi connectivity index (χ2v) is 7.84. The molecule has 0 amide bonds. The highest BCUT2D eigenvalue weighted by Crippen LogP contribution is 2.43. The Kier molecular flexibility index (Phi) is 6.23. The zero-order chi connectivity index (χ0) is 24.7. The molecule has 4 rings (SSSR count). The van der Waals surface area contributed by atoms with Gasteiger partial charge in [0.2, 0.25) is 6.29 Å². The van der Waals surface area contributed by atoms with Gasteiger partial charge < -0.3 is 49.6 Å². The SMILES string of the molecule is COc1ccc(C2CC(=O)c3c(O)cc(O)cc3O2)cc1OC1OC(C(=O)O)C(O)C(O)C1O. The lowest BCUT2D eigenvalue weighted by atomic mass is 9.95. The van der Waals surface area contributed by atoms with Crippen LogP contribution in [0.2, 0.25) is 0 Å². The lowest BCUT2D eigenvalue weighted by molar-refractivity contribution is -0.271. The van der Waals surface area contributed by atoms with Gasteiger partial charge in [-0.25, -0.2) is 4.79 Å². The first kappa shape index (κ1) is 23.6. The van der Waals surface area contributed by atoms with Crippen molar-refractivity contribution in [3.05, 3.63) is 41.5 Å². The molecule has 0 aliphatic carbocycles. The topological polar surface area (TPSA) is 192 Å². The Morgan fingerprint density at radius 2 is 1.76 bits per heavy atom. The van der Waals surface area contributed by atoms with Crippen molar-refractivity contribution in [1.29, 1.82) is 0 Å². The van der Waals surface area contributed by atoms with Gasteiger partial charge in [-0.15, -0.1) is 0 Å². The third-order valence-electron chi connectivity index (χ3n) is 5.60. The van der Waals surface area contributed by atoms with Crippen LogP contribution in [0.1, 0.15) is 28.4 Å². The van der Waals surface area contributed by atoms with Crippen LogP contribution in [0.15, 0.2) is 30.3 Å². The van der Waals surface area contributed by atoms with E-state index in [9.17, 15) is 40.2 Å². The van der Waals surface area contributed by atoms with Crippen LogP contribution < -0.4 is 14.2 Å². The fourth-order valence-electron chi connectivity index (χ4n) is 3.87. The van der Waals surface area contributed by atoms with E-state index < -0.39 is 54.3 Å². The first-order chi connectivity index (χ1) is 16.1. The number of hydrogen-bond acceptors (Lipinski definition) is 11. The standard InChI is InChI=1S/C22H22O12/c1-31-12-3-2-8(13-7-11(25)16-10(24)5-9(23)6-15(16)32-13)4-14(12)33-22-19(28)17(26)18(27)20(34-22)21(29)30/h2-6,13,17-20,22-24,26-28H,7H2,1H3,(H,29,30). The number of rotatable bonds is 5. The monoisotopic (exact) mass is 478 g/mol. The van der Waals surface area contributed by atoms with Gasteiger partial charge in [0.05, 0.1) is 13.5 Å². The van der Waals surface area contributed by atoms with E-state index in [4.69, 9.17) is 18.9 Å². The molecule has 34 heavy (non-hydrogen) atoms. The zero-order valence-electron chi connectivity index (χ0n) is 17.7. The maximum atomic E-state index is 12.6. The average Bonchev–Trinajstić information content (AvgIpc) is 2.78. The normalized spacial score (nSPS) is 28.5. The van der Waals surface area contributed by atoms with Crippen LogP contribution in [0.25, 0.3) is 0 Å². The van der Waals surface area contributed by atoms with Crippen LogP contribution in [0.4, 0.5) is 0 Å². The molecule has 2 aromatic carbocycles. The molecule has 1 fully saturated rings. The number of aliphatic carboxylic acids is 1. The summed E-state index contributed by atoms with van der Waals surface area (Å²) in [7, 11) is 1.33. The molecule has 0 radical (unpaired) electrons. The minimum absolute atomic E-state index is 0.00974. The smallest absolute Gasteiger partial charge is 0.335 e. The lowest BCUT2D eigenvalue weighted by Gasteiger charge is -2.38. The molecular weight excluding hydrogens is 456 g/mol. The van der Waals surface area contributed by atoms with Gasteiger partial charge in [-0.2, -0.15) is 0 Å². The largest absolute Gasteiger partial charge is 0.508 e. The van der Waals surface area contributed by atoms with Crippen molar-refractivity contribution in [2.24, 2.45) is 0 Å². The maximum absolute atomic E-state index is 12.6. The van der Waals surface area contributed by atoms with Crippen molar-refractivity contribution in [3.63, 3.8) is 0 Å². The number of aliphatic hydroxyl groups excluding tert-OH is 3. The van der Waals surface area contributed by atoms with Crippen LogP contribution in [-0.2, 0) is 9.53 Å². The molecule has 0 aromatic heterocycles. The molecule has 2 aliphatic rings. The number of benzene rings is 2. The van der Waals surface area contributed by atoms with E-state index >= 15 is 0 Å². The van der Waals surface area contributed by atoms with Gasteiger partial charge in [0, 0.05) is 12.1 Å². The van der Waals surface area contributed by atoms with Crippen molar-refractivity contribution in [2.75, 3.05) is 7.11 Å². The number of ether oxygens (including phenoxy) is 4. The van der Waals surface area contributed by atoms with Gasteiger partial charge in [-0.1, -0.05) is 6.07 Å². The zero-order valence-corrected chi connectivity index (χ0v) is 17.7. The molecule has 182 valence electrons. The van der Waals surface area contributed by atoms with E-state index in [2.05, 4.69) is 0 Å². The molecule has 1 saturated heterocycles. The van der Waals surface area contributed by atoms with Crippen molar-refractivity contribution < 1.29 is 59.2 Å². The molecule has 6 unspecified atom stereocenters. The Balaban J connectivity index is 1.63. The number of Topliss-reactive ketones (excluding diaryl/α,β-unsaturated/α-hetero) is 1. The number of carbonyl (C=O) groups is 2. The number of carbonyl (C=O) groups excluding carboxylic acids is 1. The van der Waals surface area contributed by atoms with Crippen LogP contribution >= 0.6 is 0 Å². The first-order valence-corrected chi connectivity index (χ1v) is 10.1. The molecule has 6 N–H and O–H groups in total. The number of methoxy groups -OCH3 is 1. The summed E-state index contributed by atoms with van der Waals surface area (Å²) >= 11 is 0. The molecular formula is C22H22O12. The maximum Gasteiger partial charge on any atom is 0.335 e. The van der Waals surface area contributed by atoms with Gasteiger partial charge in [0.25, 0.3) is 0 Å². The second-order valence-electron chi connectivity index (χ2n) is 7.84. The van der Waals surface area contributed by atoms with Crippen molar-refractivity contribution in [2.45, 2.75) is 43.2 Å². The molecule has 2 aromatic rings. The van der Waals surface area contributed by atoms with Crippen LogP contribution in [0, 0.1) is 0 Å². The molecule has 6 atom stereocenters. The summed E-state index contributed by atoms with van der Waals surface area (Å²) in [5.41, 5.74) is 0.364. The van der Waals surface area contributed by atoms with Crippen LogP contribution in [0.3, 0.4) is 0 Å². The molecule has 12 nitrogen and oxygen atoms in total. The fraction of sp³-hybridized carbons (Fsp3) is 0.364. The average molecular weight is 478 g/mol. The molecule has 2 heterocycles. The van der Waals surface area contributed by atoms with Crippen molar-refractivity contribution >= 4 is 11.8 Å². The van der Waals surface area contributed by atoms with E-state index in [0.717, 1.165) is 6.07 Å². The van der Waals surface area contributed by atoms with Gasteiger partial charge in [0.1, 0.15) is 47.2 Å². The van der Waals surface area contributed by atoms with Gasteiger partial charge in [-0.3, -0.25) is 4.79 Å². The summed E-state index contributed by atoms with van der Waals surface area (Å²) in [6.07, 6.45) is -10.0. The highest BCUT2D eigenvalue weighted by Gasteiger charge is 2.48. The van der Waals surface area contributed by atoms with E-state index in [-0.39, 0.29) is 35.0 Å². The second kappa shape index (κ2) is 8.99. The lowest BCUT2D eigenvalue weighted by Crippen LogP contribution is -2.61. The molecule has 2 aliphatic heterocycles. The van der Waals surface area contributed by atoms with Gasteiger partial charge >= 0.3 is 5.97 Å². The first-order valence-electron chi connectivity index (χ1n) is 10.1. The number of aromatic hydroxyl groups is 2. The third-order valence-corrected chi connectivity index (χ3v) is 5.60. The number of carboxylic acid groups (broad SMARTS) is 1. The predicted molar refractivity (Wildman–Crippen MR) is 110 cm³/mol. The van der Waals surface area contributed by atoms with Gasteiger partial charge in [0.15, 0.2) is 23.4 Å². The highest BCUT2D eigenvalue weighted by atomic mass is 16.7. The number of hydrogen-bond donors (Lipinski definition) is 6. The van der Waals surface area contributed by atoms with E-state index in [0.29, 0.717) is 5.56 Å². The Labute approximate surface area is 192 Å². The summed E-state index contributed by atoms with van der Waals surface area (Å²) in [5, 5.41) is 59.0. The molecule has 0 bridgehead atoms. The van der Waals surface area contributed by atoms with Crippen LogP contribution in [0.5, 0.6) is 28.7 Å². The van der Waals surface area contributed by atoms with E-state index in [1.807, 2.05) is 0 Å². The number of ketones is 1. The summed E-state index contributed by atoms with van der Waals surface area (Å²) in [6.45, 7) is 0. The summed E-state index contributed by atoms with van der Waals surface area (Å²) in [5.74, 6) is -2.57. The number of phenols is 2. The van der Waals surface area contributed by atoms with Crippen molar-refractivity contribution in [3.8, 4) is 28.7 Å².